The third kappa shape index (κ3) is 67.9. The molecule has 0 saturated carbocycles. The van der Waals surface area contributed by atoms with Gasteiger partial charge in [0.2, 0.25) is 0 Å². The van der Waals surface area contributed by atoms with Gasteiger partial charge in [-0.15, -0.1) is 0 Å². The minimum absolute atomic E-state index is 0.0846. The van der Waals surface area contributed by atoms with E-state index in [4.69, 9.17) is 37.0 Å². The highest BCUT2D eigenvalue weighted by atomic mass is 31.2. The number of ether oxygens (including phenoxy) is 4. The summed E-state index contributed by atoms with van der Waals surface area (Å²) in [5, 5.41) is 10.6. The van der Waals surface area contributed by atoms with Gasteiger partial charge in [-0.1, -0.05) is 297 Å². The van der Waals surface area contributed by atoms with Crippen LogP contribution in [-0.2, 0) is 65.4 Å². The Morgan fingerprint density at radius 3 is 0.871 bits per heavy atom. The molecule has 548 valence electrons. The predicted octanol–water partition coefficient (Wildman–Crippen LogP) is 21.0. The van der Waals surface area contributed by atoms with Crippen LogP contribution < -0.4 is 0 Å². The van der Waals surface area contributed by atoms with E-state index in [9.17, 15) is 43.2 Å². The molecule has 0 rings (SSSR count). The fourth-order valence-electron chi connectivity index (χ4n) is 10.7. The molecular weight excluding hydrogens is 1220 g/mol. The lowest BCUT2D eigenvalue weighted by molar-refractivity contribution is -0.161. The highest BCUT2D eigenvalue weighted by molar-refractivity contribution is 7.47. The van der Waals surface area contributed by atoms with Gasteiger partial charge in [0.15, 0.2) is 12.2 Å². The van der Waals surface area contributed by atoms with Gasteiger partial charge in [0, 0.05) is 25.7 Å². The first-order valence-corrected chi connectivity index (χ1v) is 40.7. The third-order valence-corrected chi connectivity index (χ3v) is 18.4. The molecule has 0 spiro atoms. The highest BCUT2D eigenvalue weighted by Gasteiger charge is 2.30. The molecule has 93 heavy (non-hydrogen) atoms. The Morgan fingerprint density at radius 1 is 0.333 bits per heavy atom. The molecule has 0 aromatic rings. The largest absolute Gasteiger partial charge is 0.472 e. The summed E-state index contributed by atoms with van der Waals surface area (Å²) in [6, 6.07) is 0. The number of esters is 4. The van der Waals surface area contributed by atoms with Gasteiger partial charge in [-0.3, -0.25) is 37.3 Å². The molecule has 3 N–H and O–H groups in total. The molecule has 0 aliphatic carbocycles. The van der Waals surface area contributed by atoms with Crippen molar-refractivity contribution < 1.29 is 80.2 Å². The van der Waals surface area contributed by atoms with Gasteiger partial charge in [0.25, 0.3) is 0 Å². The zero-order chi connectivity index (χ0) is 68.7. The van der Waals surface area contributed by atoms with Crippen LogP contribution >= 0.6 is 15.6 Å². The van der Waals surface area contributed by atoms with Gasteiger partial charge in [-0.25, -0.2) is 9.13 Å². The van der Waals surface area contributed by atoms with Crippen LogP contribution in [0, 0.1) is 17.8 Å². The molecule has 0 saturated heterocycles. The van der Waals surface area contributed by atoms with Crippen molar-refractivity contribution in [1.82, 2.24) is 0 Å². The quantitative estimate of drug-likeness (QED) is 0.0169. The molecule has 0 aliphatic rings. The fourth-order valence-corrected chi connectivity index (χ4v) is 12.3. The van der Waals surface area contributed by atoms with E-state index in [1.807, 2.05) is 0 Å². The number of aliphatic hydroxyl groups excluding tert-OH is 1. The van der Waals surface area contributed by atoms with E-state index in [0.29, 0.717) is 31.6 Å². The molecule has 3 unspecified atom stereocenters. The van der Waals surface area contributed by atoms with Crippen LogP contribution in [0.1, 0.15) is 350 Å². The lowest BCUT2D eigenvalue weighted by Gasteiger charge is -2.21. The number of carbonyl (C=O) groups is 4. The van der Waals surface area contributed by atoms with Crippen molar-refractivity contribution in [2.24, 2.45) is 17.8 Å². The standard InChI is InChI=1S/C74H140O17P2/c1-8-9-10-11-12-13-14-15-16-17-22-28-35-43-50-57-73(78)90-69(61-84-71(76)55-48-41-34-27-21-19-18-20-25-31-38-45-52-65(2)3)63-88-92(80,81)86-59-68(75)60-87-93(82,83)89-64-70(62-85-72(77)56-49-42-37-30-33-40-47-54-67(6)7)91-74(79)58-51-44-36-29-24-23-26-32-39-46-53-66(4)5/h13-16,65-70,75H,8-12,17-64H2,1-7H3,(H,80,81)(H,82,83)/b14-13-,16-15-/t68?,69-,70-/m1/s1. The molecule has 0 amide bonds. The number of allylic oxidation sites excluding steroid dienone is 4. The van der Waals surface area contributed by atoms with Crippen molar-refractivity contribution in [3.05, 3.63) is 24.3 Å². The number of phosphoric ester groups is 2. The predicted molar refractivity (Wildman–Crippen MR) is 377 cm³/mol. The average molecular weight is 1360 g/mol. The number of aliphatic hydroxyl groups is 1. The minimum atomic E-state index is -4.96. The summed E-state index contributed by atoms with van der Waals surface area (Å²) >= 11 is 0. The van der Waals surface area contributed by atoms with Crippen LogP contribution in [0.2, 0.25) is 0 Å². The van der Waals surface area contributed by atoms with Crippen molar-refractivity contribution in [2.45, 2.75) is 369 Å². The molecule has 0 radical (unpaired) electrons. The SMILES string of the molecule is CCCCCC/C=C\C=C/CCCCCCCC(=O)O[C@H](COC(=O)CCCCCCCCCCCCCCC(C)C)COP(=O)(O)OCC(O)COP(=O)(O)OC[C@@H](COC(=O)CCCCCCCCCC(C)C)OC(=O)CCCCCCCCCCCCC(C)C. The van der Waals surface area contributed by atoms with Crippen LogP contribution in [0.4, 0.5) is 0 Å². The number of rotatable bonds is 70. The van der Waals surface area contributed by atoms with E-state index in [0.717, 1.165) is 121 Å². The molecular formula is C74H140O17P2. The molecule has 0 aromatic carbocycles. The van der Waals surface area contributed by atoms with Crippen LogP contribution in [0.5, 0.6) is 0 Å². The lowest BCUT2D eigenvalue weighted by atomic mass is 10.0. The Morgan fingerprint density at radius 2 is 0.581 bits per heavy atom. The van der Waals surface area contributed by atoms with Gasteiger partial charge in [-0.2, -0.15) is 0 Å². The Kier molecular flexibility index (Phi) is 62.5. The summed E-state index contributed by atoms with van der Waals surface area (Å²) in [6.07, 6.45) is 52.2. The summed E-state index contributed by atoms with van der Waals surface area (Å²) in [7, 11) is -9.92. The first-order valence-electron chi connectivity index (χ1n) is 37.7. The molecule has 0 aromatic heterocycles. The van der Waals surface area contributed by atoms with Gasteiger partial charge in [0.05, 0.1) is 26.4 Å². The third-order valence-electron chi connectivity index (χ3n) is 16.5. The summed E-state index contributed by atoms with van der Waals surface area (Å²) < 4.78 is 68.4. The van der Waals surface area contributed by atoms with Crippen molar-refractivity contribution in [3.8, 4) is 0 Å². The summed E-state index contributed by atoms with van der Waals surface area (Å²) in [6.45, 7) is 11.8. The van der Waals surface area contributed by atoms with E-state index in [1.54, 1.807) is 0 Å². The van der Waals surface area contributed by atoms with Crippen molar-refractivity contribution >= 4 is 39.5 Å². The molecule has 19 heteroatoms. The van der Waals surface area contributed by atoms with Crippen LogP contribution in [0.15, 0.2) is 24.3 Å². The second kappa shape index (κ2) is 64.2. The van der Waals surface area contributed by atoms with E-state index in [2.05, 4.69) is 72.8 Å². The Hall–Kier alpha value is -2.46. The summed E-state index contributed by atoms with van der Waals surface area (Å²) in [5.41, 5.74) is 0. The van der Waals surface area contributed by atoms with E-state index >= 15 is 0 Å². The second-order valence-corrected chi connectivity index (χ2v) is 30.3. The number of hydrogen-bond donors (Lipinski definition) is 3. The molecule has 5 atom stereocenters. The minimum Gasteiger partial charge on any atom is -0.462 e. The average Bonchev–Trinajstić information content (AvgIpc) is 2.65. The fraction of sp³-hybridized carbons (Fsp3) is 0.892. The number of hydrogen-bond acceptors (Lipinski definition) is 15. The maximum Gasteiger partial charge on any atom is 0.472 e. The van der Waals surface area contributed by atoms with Gasteiger partial charge in [0.1, 0.15) is 19.3 Å². The smallest absolute Gasteiger partial charge is 0.462 e. The number of phosphoric acid groups is 2. The first-order chi connectivity index (χ1) is 44.7. The van der Waals surface area contributed by atoms with Crippen LogP contribution in [0.25, 0.3) is 0 Å². The van der Waals surface area contributed by atoms with Crippen LogP contribution in [0.3, 0.4) is 0 Å². The monoisotopic (exact) mass is 1360 g/mol. The first kappa shape index (κ1) is 90.5. The number of unbranched alkanes of at least 4 members (excludes halogenated alkanes) is 35. The van der Waals surface area contributed by atoms with Gasteiger partial charge >= 0.3 is 39.5 Å². The molecule has 0 aliphatic heterocycles. The van der Waals surface area contributed by atoms with Crippen molar-refractivity contribution in [3.63, 3.8) is 0 Å². The maximum absolute atomic E-state index is 13.1. The topological polar surface area (TPSA) is 237 Å². The molecule has 0 fully saturated rings. The maximum atomic E-state index is 13.1. The van der Waals surface area contributed by atoms with Crippen molar-refractivity contribution in [1.29, 1.82) is 0 Å². The van der Waals surface area contributed by atoms with Gasteiger partial charge < -0.3 is 33.8 Å². The Labute approximate surface area is 567 Å². The zero-order valence-electron chi connectivity index (χ0n) is 60.2. The Balaban J connectivity index is 5.29. The van der Waals surface area contributed by atoms with Crippen LogP contribution in [-0.4, -0.2) is 96.7 Å². The summed E-state index contributed by atoms with van der Waals surface area (Å²) in [5.74, 6) is 0.0811. The highest BCUT2D eigenvalue weighted by Crippen LogP contribution is 2.45. The molecule has 0 heterocycles. The zero-order valence-corrected chi connectivity index (χ0v) is 62.0. The van der Waals surface area contributed by atoms with Gasteiger partial charge in [-0.05, 0) is 69.1 Å². The lowest BCUT2D eigenvalue weighted by Crippen LogP contribution is -2.30. The van der Waals surface area contributed by atoms with E-state index < -0.39 is 97.5 Å². The Bertz CT molecular complexity index is 1910. The van der Waals surface area contributed by atoms with E-state index in [1.165, 1.54) is 141 Å². The molecule has 17 nitrogen and oxygen atoms in total. The normalized spacial score (nSPS) is 14.3. The molecule has 0 bridgehead atoms. The van der Waals surface area contributed by atoms with E-state index in [-0.39, 0.29) is 25.7 Å². The number of carbonyl (C=O) groups excluding carboxylic acids is 4. The second-order valence-electron chi connectivity index (χ2n) is 27.4. The summed E-state index contributed by atoms with van der Waals surface area (Å²) in [4.78, 5) is 72.7. The van der Waals surface area contributed by atoms with Crippen molar-refractivity contribution in [2.75, 3.05) is 39.6 Å².